The fourth-order valence-electron chi connectivity index (χ4n) is 1.79. The lowest BCUT2D eigenvalue weighted by Crippen LogP contribution is -2.40. The van der Waals surface area contributed by atoms with Gasteiger partial charge in [0.1, 0.15) is 11.9 Å². The number of hydrogen-bond donors (Lipinski definition) is 2. The van der Waals surface area contributed by atoms with Crippen LogP contribution in [0.4, 0.5) is 17.6 Å². The predicted octanol–water partition coefficient (Wildman–Crippen LogP) is 3.22. The van der Waals surface area contributed by atoms with Crippen molar-refractivity contribution in [1.82, 2.24) is 5.32 Å². The third kappa shape index (κ3) is 4.71. The van der Waals surface area contributed by atoms with Crippen LogP contribution in [0.5, 0.6) is 0 Å². The van der Waals surface area contributed by atoms with Crippen LogP contribution in [-0.4, -0.2) is 23.0 Å². The van der Waals surface area contributed by atoms with Gasteiger partial charge in [0.15, 0.2) is 0 Å². The molecule has 1 atom stereocenters. The van der Waals surface area contributed by atoms with Crippen molar-refractivity contribution in [2.24, 2.45) is 0 Å². The van der Waals surface area contributed by atoms with Crippen LogP contribution in [-0.2, 0) is 11.0 Å². The van der Waals surface area contributed by atoms with Gasteiger partial charge < -0.3 is 10.4 Å². The highest BCUT2D eigenvalue weighted by Crippen LogP contribution is 2.31. The zero-order valence-corrected chi connectivity index (χ0v) is 11.7. The Labute approximate surface area is 124 Å². The van der Waals surface area contributed by atoms with Gasteiger partial charge in [-0.3, -0.25) is 4.79 Å². The Morgan fingerprint density at radius 1 is 1.32 bits per heavy atom. The van der Waals surface area contributed by atoms with E-state index in [4.69, 9.17) is 5.11 Å². The number of amides is 1. The summed E-state index contributed by atoms with van der Waals surface area (Å²) in [6.07, 6.45) is -3.54. The lowest BCUT2D eigenvalue weighted by atomic mass is 10.1. The number of carboxylic acid groups (broad SMARTS) is 1. The van der Waals surface area contributed by atoms with Crippen molar-refractivity contribution in [2.75, 3.05) is 0 Å². The molecule has 0 saturated heterocycles. The Morgan fingerprint density at radius 2 is 1.95 bits per heavy atom. The minimum atomic E-state index is -4.94. The van der Waals surface area contributed by atoms with E-state index >= 15 is 0 Å². The zero-order valence-electron chi connectivity index (χ0n) is 11.7. The van der Waals surface area contributed by atoms with E-state index < -0.39 is 41.0 Å². The summed E-state index contributed by atoms with van der Waals surface area (Å²) < 4.78 is 50.9. The number of unbranched alkanes of at least 4 members (excludes halogenated alkanes) is 1. The maximum atomic E-state index is 13.1. The number of alkyl halides is 3. The molecule has 0 saturated carbocycles. The van der Waals surface area contributed by atoms with Gasteiger partial charge in [0.25, 0.3) is 5.91 Å². The smallest absolute Gasteiger partial charge is 0.419 e. The molecular formula is C14H15F4NO3. The van der Waals surface area contributed by atoms with Crippen LogP contribution < -0.4 is 5.32 Å². The van der Waals surface area contributed by atoms with Gasteiger partial charge in [-0.15, -0.1) is 0 Å². The molecular weight excluding hydrogens is 306 g/mol. The summed E-state index contributed by atoms with van der Waals surface area (Å²) in [5.74, 6) is -3.77. The van der Waals surface area contributed by atoms with Crippen molar-refractivity contribution in [1.29, 1.82) is 0 Å². The first-order valence-corrected chi connectivity index (χ1v) is 6.57. The maximum absolute atomic E-state index is 13.1. The average molecular weight is 321 g/mol. The van der Waals surface area contributed by atoms with E-state index in [0.29, 0.717) is 25.0 Å². The van der Waals surface area contributed by atoms with Gasteiger partial charge >= 0.3 is 12.1 Å². The lowest BCUT2D eigenvalue weighted by Gasteiger charge is -2.15. The van der Waals surface area contributed by atoms with E-state index in [1.807, 2.05) is 6.92 Å². The highest BCUT2D eigenvalue weighted by molar-refractivity contribution is 5.96. The standard InChI is InChI=1S/C14H15F4NO3/c1-2-3-4-11(13(21)22)19-12(20)8-5-6-10(15)9(7-8)14(16,17)18/h5-7,11H,2-4H2,1H3,(H,19,20)(H,21,22). The summed E-state index contributed by atoms with van der Waals surface area (Å²) in [5, 5.41) is 11.1. The molecule has 0 aromatic heterocycles. The number of hydrogen-bond acceptors (Lipinski definition) is 2. The van der Waals surface area contributed by atoms with E-state index in [2.05, 4.69) is 5.32 Å². The van der Waals surface area contributed by atoms with Gasteiger partial charge in [-0.25, -0.2) is 9.18 Å². The third-order valence-electron chi connectivity index (χ3n) is 2.98. The van der Waals surface area contributed by atoms with Crippen molar-refractivity contribution in [3.8, 4) is 0 Å². The minimum Gasteiger partial charge on any atom is -0.480 e. The molecule has 22 heavy (non-hydrogen) atoms. The summed E-state index contributed by atoms with van der Waals surface area (Å²) in [5.41, 5.74) is -2.02. The number of benzene rings is 1. The second-order valence-electron chi connectivity index (χ2n) is 4.70. The lowest BCUT2D eigenvalue weighted by molar-refractivity contribution is -0.140. The van der Waals surface area contributed by atoms with Gasteiger partial charge in [-0.2, -0.15) is 13.2 Å². The molecule has 0 fully saturated rings. The molecule has 0 aliphatic heterocycles. The molecule has 0 radical (unpaired) electrons. The number of carbonyl (C=O) groups is 2. The Kier molecular flexibility index (Phi) is 5.90. The van der Waals surface area contributed by atoms with E-state index in [1.54, 1.807) is 0 Å². The molecule has 1 rings (SSSR count). The van der Waals surface area contributed by atoms with Crippen LogP contribution in [0.15, 0.2) is 18.2 Å². The van der Waals surface area contributed by atoms with Crippen LogP contribution >= 0.6 is 0 Å². The molecule has 0 heterocycles. The van der Waals surface area contributed by atoms with Gasteiger partial charge in [0, 0.05) is 5.56 Å². The van der Waals surface area contributed by atoms with Crippen LogP contribution in [0.3, 0.4) is 0 Å². The van der Waals surface area contributed by atoms with Crippen molar-refractivity contribution in [2.45, 2.75) is 38.4 Å². The number of halogens is 4. The topological polar surface area (TPSA) is 66.4 Å². The molecule has 2 N–H and O–H groups in total. The first kappa shape index (κ1) is 17.9. The van der Waals surface area contributed by atoms with Gasteiger partial charge in [0.2, 0.25) is 0 Å². The number of carboxylic acids is 1. The number of carbonyl (C=O) groups excluding carboxylic acids is 1. The third-order valence-corrected chi connectivity index (χ3v) is 2.98. The Morgan fingerprint density at radius 3 is 2.45 bits per heavy atom. The van der Waals surface area contributed by atoms with Gasteiger partial charge in [-0.05, 0) is 24.6 Å². The zero-order chi connectivity index (χ0) is 16.9. The van der Waals surface area contributed by atoms with Crippen LogP contribution in [0.2, 0.25) is 0 Å². The van der Waals surface area contributed by atoms with Crippen molar-refractivity contribution in [3.05, 3.63) is 35.1 Å². The van der Waals surface area contributed by atoms with Gasteiger partial charge in [0.05, 0.1) is 5.56 Å². The normalized spacial score (nSPS) is 12.8. The Balaban J connectivity index is 2.95. The molecule has 0 aliphatic carbocycles. The molecule has 122 valence electrons. The maximum Gasteiger partial charge on any atom is 0.419 e. The van der Waals surface area contributed by atoms with E-state index in [0.717, 1.165) is 6.07 Å². The predicted molar refractivity (Wildman–Crippen MR) is 69.8 cm³/mol. The van der Waals surface area contributed by atoms with Gasteiger partial charge in [-0.1, -0.05) is 19.8 Å². The highest BCUT2D eigenvalue weighted by Gasteiger charge is 2.35. The number of rotatable bonds is 6. The molecule has 1 amide bonds. The largest absolute Gasteiger partial charge is 0.480 e. The van der Waals surface area contributed by atoms with Crippen molar-refractivity contribution >= 4 is 11.9 Å². The fourth-order valence-corrected chi connectivity index (χ4v) is 1.79. The van der Waals surface area contributed by atoms with Crippen molar-refractivity contribution in [3.63, 3.8) is 0 Å². The summed E-state index contributed by atoms with van der Waals surface area (Å²) in [6.45, 7) is 1.83. The molecule has 8 heteroatoms. The molecule has 4 nitrogen and oxygen atoms in total. The van der Waals surface area contributed by atoms with Crippen molar-refractivity contribution < 1.29 is 32.3 Å². The molecule has 0 aliphatic rings. The summed E-state index contributed by atoms with van der Waals surface area (Å²) in [7, 11) is 0. The SMILES string of the molecule is CCCCC(NC(=O)c1ccc(F)c(C(F)(F)F)c1)C(=O)O. The van der Waals surface area contributed by atoms with E-state index in [-0.39, 0.29) is 6.42 Å². The molecule has 0 bridgehead atoms. The second kappa shape index (κ2) is 7.24. The molecule has 1 unspecified atom stereocenters. The number of aliphatic carboxylic acids is 1. The average Bonchev–Trinajstić information content (AvgIpc) is 2.42. The summed E-state index contributed by atoms with van der Waals surface area (Å²) >= 11 is 0. The highest BCUT2D eigenvalue weighted by atomic mass is 19.4. The second-order valence-corrected chi connectivity index (χ2v) is 4.70. The molecule has 0 spiro atoms. The Bertz CT molecular complexity index is 558. The van der Waals surface area contributed by atoms with Crippen LogP contribution in [0.25, 0.3) is 0 Å². The van der Waals surface area contributed by atoms with E-state index in [9.17, 15) is 27.2 Å². The minimum absolute atomic E-state index is 0.158. The quantitative estimate of drug-likeness (QED) is 0.791. The first-order chi connectivity index (χ1) is 10.2. The molecule has 1 aromatic rings. The number of nitrogens with one attached hydrogen (secondary N) is 1. The first-order valence-electron chi connectivity index (χ1n) is 6.57. The summed E-state index contributed by atoms with van der Waals surface area (Å²) in [4.78, 5) is 22.8. The van der Waals surface area contributed by atoms with Crippen LogP contribution in [0, 0.1) is 5.82 Å². The van der Waals surface area contributed by atoms with E-state index in [1.165, 1.54) is 0 Å². The monoisotopic (exact) mass is 321 g/mol. The molecule has 1 aromatic carbocycles. The van der Waals surface area contributed by atoms with Crippen LogP contribution in [0.1, 0.15) is 42.1 Å². The summed E-state index contributed by atoms with van der Waals surface area (Å²) in [6, 6.07) is 0.563. The Hall–Kier alpha value is -2.12. The fraction of sp³-hybridized carbons (Fsp3) is 0.429.